The Morgan fingerprint density at radius 3 is 2.80 bits per heavy atom. The van der Waals surface area contributed by atoms with Crippen molar-refractivity contribution in [1.82, 2.24) is 5.32 Å². The molecule has 3 heteroatoms. The van der Waals surface area contributed by atoms with Gasteiger partial charge in [0.25, 0.3) is 0 Å². The third-order valence-electron chi connectivity index (χ3n) is 4.62. The zero-order chi connectivity index (χ0) is 14.1. The molecular weight excluding hydrogens is 253 g/mol. The van der Waals surface area contributed by atoms with Crippen LogP contribution in [0.5, 0.6) is 0 Å². The maximum atomic E-state index is 13.7. The summed E-state index contributed by atoms with van der Waals surface area (Å²) in [6, 6.07) is 5.62. The van der Waals surface area contributed by atoms with Crippen molar-refractivity contribution in [2.75, 3.05) is 6.54 Å². The molecule has 0 spiro atoms. The third kappa shape index (κ3) is 2.75. The van der Waals surface area contributed by atoms with Gasteiger partial charge >= 0.3 is 0 Å². The van der Waals surface area contributed by atoms with E-state index in [1.165, 1.54) is 6.42 Å². The number of nitrogens with one attached hydrogen (secondary N) is 1. The van der Waals surface area contributed by atoms with E-state index in [-0.39, 0.29) is 11.9 Å². The molecule has 0 amide bonds. The number of benzene rings is 1. The second-order valence-electron chi connectivity index (χ2n) is 6.27. The fourth-order valence-electron chi connectivity index (χ4n) is 3.79. The lowest BCUT2D eigenvalue weighted by Crippen LogP contribution is -2.34. The van der Waals surface area contributed by atoms with Gasteiger partial charge in [0.1, 0.15) is 5.82 Å². The first-order valence-corrected chi connectivity index (χ1v) is 7.83. The number of hydrogen-bond acceptors (Lipinski definition) is 2. The monoisotopic (exact) mass is 277 g/mol. The summed E-state index contributed by atoms with van der Waals surface area (Å²) in [5, 5.41) is 3.62. The van der Waals surface area contributed by atoms with Crippen molar-refractivity contribution in [1.29, 1.82) is 0 Å². The lowest BCUT2D eigenvalue weighted by Gasteiger charge is -2.30. The van der Waals surface area contributed by atoms with Crippen LogP contribution in [-0.4, -0.2) is 18.8 Å². The van der Waals surface area contributed by atoms with Crippen molar-refractivity contribution in [2.24, 2.45) is 5.92 Å². The van der Waals surface area contributed by atoms with E-state index in [1.54, 1.807) is 12.1 Å². The van der Waals surface area contributed by atoms with E-state index >= 15 is 0 Å². The summed E-state index contributed by atoms with van der Waals surface area (Å²) in [4.78, 5) is 0. The van der Waals surface area contributed by atoms with Crippen LogP contribution < -0.4 is 5.32 Å². The Bertz CT molecular complexity index is 456. The molecule has 2 heterocycles. The van der Waals surface area contributed by atoms with Crippen molar-refractivity contribution in [3.05, 3.63) is 35.1 Å². The molecule has 1 N–H and O–H groups in total. The van der Waals surface area contributed by atoms with E-state index in [9.17, 15) is 4.39 Å². The number of fused-ring (bicyclic) bond motifs is 2. The standard InChI is InChI=1S/C17H24FNO/c1-3-6-19-17(12-7-11(2)8-13(18)9-12)15-10-14-4-5-16(15)20-14/h7-9,14-17,19H,3-6,10H2,1-2H3. The average Bonchev–Trinajstić information content (AvgIpc) is 3.00. The Kier molecular flexibility index (Phi) is 4.08. The zero-order valence-electron chi connectivity index (χ0n) is 12.4. The van der Waals surface area contributed by atoms with Gasteiger partial charge in [0.05, 0.1) is 12.2 Å². The SMILES string of the molecule is CCCNC(c1cc(C)cc(F)c1)C1CC2CCC1O2. The van der Waals surface area contributed by atoms with Crippen molar-refractivity contribution in [3.63, 3.8) is 0 Å². The van der Waals surface area contributed by atoms with Crippen LogP contribution in [0.15, 0.2) is 18.2 Å². The predicted molar refractivity (Wildman–Crippen MR) is 78.2 cm³/mol. The van der Waals surface area contributed by atoms with Crippen LogP contribution in [0.1, 0.15) is 49.8 Å². The van der Waals surface area contributed by atoms with E-state index < -0.39 is 0 Å². The number of aryl methyl sites for hydroxylation is 1. The van der Waals surface area contributed by atoms with Crippen LogP contribution in [0, 0.1) is 18.7 Å². The highest BCUT2D eigenvalue weighted by atomic mass is 19.1. The highest BCUT2D eigenvalue weighted by molar-refractivity contribution is 5.27. The predicted octanol–water partition coefficient (Wildman–Crippen LogP) is 3.74. The Morgan fingerprint density at radius 2 is 2.20 bits per heavy atom. The first-order chi connectivity index (χ1) is 9.67. The number of rotatable bonds is 5. The topological polar surface area (TPSA) is 21.3 Å². The lowest BCUT2D eigenvalue weighted by molar-refractivity contribution is 0.0856. The van der Waals surface area contributed by atoms with Gasteiger partial charge in [-0.15, -0.1) is 0 Å². The van der Waals surface area contributed by atoms with Crippen molar-refractivity contribution < 1.29 is 9.13 Å². The summed E-state index contributed by atoms with van der Waals surface area (Å²) in [5.74, 6) is 0.355. The molecule has 3 rings (SSSR count). The molecule has 0 aromatic heterocycles. The molecule has 4 unspecified atom stereocenters. The molecule has 2 saturated heterocycles. The van der Waals surface area contributed by atoms with Crippen molar-refractivity contribution in [2.45, 2.75) is 57.8 Å². The highest BCUT2D eigenvalue weighted by Gasteiger charge is 2.44. The van der Waals surface area contributed by atoms with E-state index in [1.807, 2.05) is 6.92 Å². The minimum atomic E-state index is -0.132. The van der Waals surface area contributed by atoms with Gasteiger partial charge in [0.2, 0.25) is 0 Å². The van der Waals surface area contributed by atoms with Gasteiger partial charge in [0, 0.05) is 12.0 Å². The Labute approximate surface area is 120 Å². The molecule has 4 atom stereocenters. The van der Waals surface area contributed by atoms with Gasteiger partial charge in [-0.05, 0) is 62.4 Å². The smallest absolute Gasteiger partial charge is 0.123 e. The largest absolute Gasteiger partial charge is 0.375 e. The molecule has 2 nitrogen and oxygen atoms in total. The zero-order valence-corrected chi connectivity index (χ0v) is 12.4. The fourth-order valence-corrected chi connectivity index (χ4v) is 3.79. The van der Waals surface area contributed by atoms with Crippen molar-refractivity contribution >= 4 is 0 Å². The van der Waals surface area contributed by atoms with Gasteiger partial charge < -0.3 is 10.1 Å². The molecule has 0 saturated carbocycles. The van der Waals surface area contributed by atoms with Crippen LogP contribution in [0.3, 0.4) is 0 Å². The van der Waals surface area contributed by atoms with E-state index in [2.05, 4.69) is 18.3 Å². The summed E-state index contributed by atoms with van der Waals surface area (Å²) in [6.07, 6.45) is 5.36. The molecular formula is C17H24FNO. The van der Waals surface area contributed by atoms with E-state index in [0.717, 1.165) is 36.9 Å². The molecule has 0 aliphatic carbocycles. The third-order valence-corrected chi connectivity index (χ3v) is 4.62. The molecule has 1 aromatic carbocycles. The molecule has 20 heavy (non-hydrogen) atoms. The second kappa shape index (κ2) is 5.82. The summed E-state index contributed by atoms with van der Waals surface area (Å²) in [7, 11) is 0. The summed E-state index contributed by atoms with van der Waals surface area (Å²) in [5.41, 5.74) is 2.07. The van der Waals surface area contributed by atoms with Crippen LogP contribution in [0.2, 0.25) is 0 Å². The Hall–Kier alpha value is -0.930. The van der Waals surface area contributed by atoms with Gasteiger partial charge in [-0.2, -0.15) is 0 Å². The molecule has 0 radical (unpaired) electrons. The quantitative estimate of drug-likeness (QED) is 0.885. The normalized spacial score (nSPS) is 29.9. The molecule has 2 bridgehead atoms. The average molecular weight is 277 g/mol. The number of hydrogen-bond donors (Lipinski definition) is 1. The lowest BCUT2D eigenvalue weighted by atomic mass is 9.80. The molecule has 110 valence electrons. The molecule has 2 aliphatic heterocycles. The van der Waals surface area contributed by atoms with Crippen molar-refractivity contribution in [3.8, 4) is 0 Å². The highest BCUT2D eigenvalue weighted by Crippen LogP contribution is 2.44. The van der Waals surface area contributed by atoms with E-state index in [4.69, 9.17) is 4.74 Å². The van der Waals surface area contributed by atoms with Gasteiger partial charge in [0.15, 0.2) is 0 Å². The van der Waals surface area contributed by atoms with Gasteiger partial charge in [-0.25, -0.2) is 4.39 Å². The molecule has 1 aromatic rings. The second-order valence-corrected chi connectivity index (χ2v) is 6.27. The molecule has 2 aliphatic rings. The fraction of sp³-hybridized carbons (Fsp3) is 0.647. The first-order valence-electron chi connectivity index (χ1n) is 7.83. The maximum absolute atomic E-state index is 13.7. The summed E-state index contributed by atoms with van der Waals surface area (Å²) < 4.78 is 19.7. The van der Waals surface area contributed by atoms with Gasteiger partial charge in [-0.1, -0.05) is 13.0 Å². The number of ether oxygens (including phenoxy) is 1. The number of halogens is 1. The van der Waals surface area contributed by atoms with E-state index in [0.29, 0.717) is 18.1 Å². The van der Waals surface area contributed by atoms with Gasteiger partial charge in [-0.3, -0.25) is 0 Å². The summed E-state index contributed by atoms with van der Waals surface area (Å²) >= 11 is 0. The maximum Gasteiger partial charge on any atom is 0.123 e. The van der Waals surface area contributed by atoms with Crippen LogP contribution in [0.4, 0.5) is 4.39 Å². The molecule has 2 fully saturated rings. The van der Waals surface area contributed by atoms with Crippen LogP contribution >= 0.6 is 0 Å². The van der Waals surface area contributed by atoms with Crippen LogP contribution in [0.25, 0.3) is 0 Å². The summed E-state index contributed by atoms with van der Waals surface area (Å²) in [6.45, 7) is 5.09. The first kappa shape index (κ1) is 14.0. The Morgan fingerprint density at radius 1 is 1.35 bits per heavy atom. The minimum Gasteiger partial charge on any atom is -0.375 e. The van der Waals surface area contributed by atoms with Crippen LogP contribution in [-0.2, 0) is 4.74 Å². The minimum absolute atomic E-state index is 0.132. The Balaban J connectivity index is 1.85.